The summed E-state index contributed by atoms with van der Waals surface area (Å²) in [6, 6.07) is 13.1. The molecular formula is C20H16F3N3O2. The standard InChI is InChI=1S/C20H16F3N3O2/c21-20(22,23)17-4-3-9-24-18(17)28-16-12-26(13-16)19(27)14-5-7-15(8-6-14)25-10-1-2-11-25/h1-11,16H,12-13H2. The molecule has 1 aromatic carbocycles. The molecule has 4 rings (SSSR count). The second-order valence-electron chi connectivity index (χ2n) is 6.44. The van der Waals surface area contributed by atoms with E-state index < -0.39 is 23.7 Å². The monoisotopic (exact) mass is 387 g/mol. The molecule has 0 bridgehead atoms. The number of halogens is 3. The predicted octanol–water partition coefficient (Wildman–Crippen LogP) is 3.79. The maximum atomic E-state index is 13.0. The van der Waals surface area contributed by atoms with Gasteiger partial charge in [0, 0.05) is 29.8 Å². The van der Waals surface area contributed by atoms with Crippen LogP contribution in [0.3, 0.4) is 0 Å². The third-order valence-electron chi connectivity index (χ3n) is 4.51. The molecule has 0 atom stereocenters. The first-order chi connectivity index (χ1) is 13.4. The number of hydrogen-bond acceptors (Lipinski definition) is 3. The molecule has 1 aliphatic heterocycles. The average molecular weight is 387 g/mol. The van der Waals surface area contributed by atoms with Crippen molar-refractivity contribution in [2.24, 2.45) is 0 Å². The number of benzene rings is 1. The number of amides is 1. The Morgan fingerprint density at radius 3 is 2.36 bits per heavy atom. The summed E-state index contributed by atoms with van der Waals surface area (Å²) in [6.07, 6.45) is 0.00393. The van der Waals surface area contributed by atoms with Crippen LogP contribution in [0, 0.1) is 0 Å². The molecule has 0 spiro atoms. The average Bonchev–Trinajstić information content (AvgIpc) is 3.18. The van der Waals surface area contributed by atoms with Gasteiger partial charge < -0.3 is 14.2 Å². The molecule has 1 fully saturated rings. The highest BCUT2D eigenvalue weighted by Crippen LogP contribution is 2.35. The van der Waals surface area contributed by atoms with Crippen LogP contribution in [0.5, 0.6) is 5.88 Å². The van der Waals surface area contributed by atoms with Crippen molar-refractivity contribution >= 4 is 5.91 Å². The Labute approximate surface area is 159 Å². The summed E-state index contributed by atoms with van der Waals surface area (Å²) in [6.45, 7) is 0.429. The summed E-state index contributed by atoms with van der Waals surface area (Å²) in [5.41, 5.74) is 0.532. The Morgan fingerprint density at radius 2 is 1.71 bits per heavy atom. The van der Waals surface area contributed by atoms with E-state index in [2.05, 4.69) is 4.98 Å². The van der Waals surface area contributed by atoms with E-state index in [4.69, 9.17) is 4.74 Å². The fraction of sp³-hybridized carbons (Fsp3) is 0.200. The molecule has 3 aromatic rings. The van der Waals surface area contributed by atoms with Crippen molar-refractivity contribution in [3.8, 4) is 11.6 Å². The Morgan fingerprint density at radius 1 is 1.04 bits per heavy atom. The van der Waals surface area contributed by atoms with Crippen molar-refractivity contribution in [2.75, 3.05) is 13.1 Å². The highest BCUT2D eigenvalue weighted by atomic mass is 19.4. The van der Waals surface area contributed by atoms with E-state index in [1.807, 2.05) is 41.2 Å². The van der Waals surface area contributed by atoms with Gasteiger partial charge in [-0.1, -0.05) is 0 Å². The lowest BCUT2D eigenvalue weighted by molar-refractivity contribution is -0.140. The molecular weight excluding hydrogens is 371 g/mol. The summed E-state index contributed by atoms with van der Waals surface area (Å²) in [7, 11) is 0. The van der Waals surface area contributed by atoms with Gasteiger partial charge in [0.2, 0.25) is 5.88 Å². The summed E-state index contributed by atoms with van der Waals surface area (Å²) in [5.74, 6) is -0.640. The van der Waals surface area contributed by atoms with Crippen molar-refractivity contribution in [1.82, 2.24) is 14.5 Å². The number of alkyl halides is 3. The van der Waals surface area contributed by atoms with Crippen molar-refractivity contribution in [3.05, 3.63) is 78.2 Å². The molecule has 3 heterocycles. The smallest absolute Gasteiger partial charge is 0.421 e. The maximum absolute atomic E-state index is 13.0. The Kier molecular flexibility index (Phi) is 4.54. The van der Waals surface area contributed by atoms with Crippen molar-refractivity contribution in [3.63, 3.8) is 0 Å². The number of pyridine rings is 1. The summed E-state index contributed by atoms with van der Waals surface area (Å²) >= 11 is 0. The second kappa shape index (κ2) is 7.03. The van der Waals surface area contributed by atoms with Crippen LogP contribution in [-0.2, 0) is 6.18 Å². The number of aromatic nitrogens is 2. The van der Waals surface area contributed by atoms with Crippen LogP contribution in [0.15, 0.2) is 67.1 Å². The van der Waals surface area contributed by atoms with Gasteiger partial charge in [0.05, 0.1) is 13.1 Å². The normalized spacial score (nSPS) is 14.6. The molecule has 5 nitrogen and oxygen atoms in total. The second-order valence-corrected chi connectivity index (χ2v) is 6.44. The number of carbonyl (C=O) groups is 1. The van der Waals surface area contributed by atoms with Crippen molar-refractivity contribution in [1.29, 1.82) is 0 Å². The minimum absolute atomic E-state index is 0.184. The number of ether oxygens (including phenoxy) is 1. The van der Waals surface area contributed by atoms with E-state index in [0.717, 1.165) is 11.8 Å². The van der Waals surface area contributed by atoms with Gasteiger partial charge in [-0.25, -0.2) is 4.98 Å². The highest BCUT2D eigenvalue weighted by Gasteiger charge is 2.38. The maximum Gasteiger partial charge on any atom is 0.421 e. The van der Waals surface area contributed by atoms with E-state index in [1.165, 1.54) is 17.2 Å². The van der Waals surface area contributed by atoms with E-state index >= 15 is 0 Å². The molecule has 144 valence electrons. The van der Waals surface area contributed by atoms with Crippen LogP contribution < -0.4 is 4.74 Å². The van der Waals surface area contributed by atoms with E-state index in [-0.39, 0.29) is 19.0 Å². The quantitative estimate of drug-likeness (QED) is 0.684. The molecule has 0 saturated carbocycles. The van der Waals surface area contributed by atoms with E-state index in [1.54, 1.807) is 12.1 Å². The number of rotatable bonds is 4. The van der Waals surface area contributed by atoms with Gasteiger partial charge in [-0.05, 0) is 48.5 Å². The fourth-order valence-electron chi connectivity index (χ4n) is 3.00. The molecule has 0 N–H and O–H groups in total. The van der Waals surface area contributed by atoms with Gasteiger partial charge in [-0.3, -0.25) is 4.79 Å². The van der Waals surface area contributed by atoms with Crippen LogP contribution >= 0.6 is 0 Å². The lowest BCUT2D eigenvalue weighted by atomic mass is 10.1. The van der Waals surface area contributed by atoms with Gasteiger partial charge in [0.1, 0.15) is 11.7 Å². The first-order valence-electron chi connectivity index (χ1n) is 8.63. The van der Waals surface area contributed by atoms with Gasteiger partial charge in [0.25, 0.3) is 5.91 Å². The highest BCUT2D eigenvalue weighted by molar-refractivity contribution is 5.95. The lowest BCUT2D eigenvalue weighted by Gasteiger charge is -2.39. The first-order valence-corrected chi connectivity index (χ1v) is 8.63. The van der Waals surface area contributed by atoms with Crippen LogP contribution in [0.1, 0.15) is 15.9 Å². The van der Waals surface area contributed by atoms with E-state index in [9.17, 15) is 18.0 Å². The largest absolute Gasteiger partial charge is 0.470 e. The van der Waals surface area contributed by atoms with Gasteiger partial charge in [0.15, 0.2) is 0 Å². The summed E-state index contributed by atoms with van der Waals surface area (Å²) < 4.78 is 46.3. The molecule has 1 aliphatic rings. The molecule has 1 saturated heterocycles. The zero-order valence-corrected chi connectivity index (χ0v) is 14.6. The minimum Gasteiger partial charge on any atom is -0.470 e. The third-order valence-corrected chi connectivity index (χ3v) is 4.51. The molecule has 2 aromatic heterocycles. The Bertz CT molecular complexity index is 963. The number of carbonyl (C=O) groups excluding carboxylic acids is 1. The van der Waals surface area contributed by atoms with Gasteiger partial charge in [-0.15, -0.1) is 0 Å². The van der Waals surface area contributed by atoms with Gasteiger partial charge >= 0.3 is 6.18 Å². The van der Waals surface area contributed by atoms with Crippen LogP contribution in [-0.4, -0.2) is 39.6 Å². The van der Waals surface area contributed by atoms with Gasteiger partial charge in [-0.2, -0.15) is 13.2 Å². The number of likely N-dealkylation sites (tertiary alicyclic amines) is 1. The number of nitrogens with zero attached hydrogens (tertiary/aromatic N) is 3. The Balaban J connectivity index is 1.37. The van der Waals surface area contributed by atoms with Crippen LogP contribution in [0.25, 0.3) is 5.69 Å². The molecule has 0 radical (unpaired) electrons. The fourth-order valence-corrected chi connectivity index (χ4v) is 3.00. The molecule has 0 aliphatic carbocycles. The minimum atomic E-state index is -4.54. The summed E-state index contributed by atoms with van der Waals surface area (Å²) in [5, 5.41) is 0. The van der Waals surface area contributed by atoms with E-state index in [0.29, 0.717) is 5.56 Å². The number of hydrogen-bond donors (Lipinski definition) is 0. The SMILES string of the molecule is O=C(c1ccc(-n2cccc2)cc1)N1CC(Oc2ncccc2C(F)(F)F)C1. The van der Waals surface area contributed by atoms with Crippen molar-refractivity contribution in [2.45, 2.75) is 12.3 Å². The van der Waals surface area contributed by atoms with Crippen molar-refractivity contribution < 1.29 is 22.7 Å². The molecule has 8 heteroatoms. The lowest BCUT2D eigenvalue weighted by Crippen LogP contribution is -2.56. The Hall–Kier alpha value is -3.29. The predicted molar refractivity (Wildman–Crippen MR) is 95.3 cm³/mol. The topological polar surface area (TPSA) is 47.4 Å². The van der Waals surface area contributed by atoms with Crippen LogP contribution in [0.4, 0.5) is 13.2 Å². The third kappa shape index (κ3) is 3.58. The molecule has 0 unspecified atom stereocenters. The van der Waals surface area contributed by atoms with Crippen LogP contribution in [0.2, 0.25) is 0 Å². The zero-order valence-electron chi connectivity index (χ0n) is 14.6. The molecule has 28 heavy (non-hydrogen) atoms. The first kappa shape index (κ1) is 18.1. The molecule has 1 amide bonds. The zero-order chi connectivity index (χ0) is 19.7. The summed E-state index contributed by atoms with van der Waals surface area (Å²) in [4.78, 5) is 17.7.